The molecule has 3 rings (SSSR count). The molecular formula is C22H26ClN3O2. The molecular weight excluding hydrogens is 374 g/mol. The van der Waals surface area contributed by atoms with Crippen molar-refractivity contribution in [2.45, 2.75) is 32.1 Å². The number of hydrogen-bond donors (Lipinski definition) is 2. The van der Waals surface area contributed by atoms with Crippen molar-refractivity contribution < 1.29 is 9.59 Å². The van der Waals surface area contributed by atoms with E-state index in [0.717, 1.165) is 18.5 Å². The third-order valence-electron chi connectivity index (χ3n) is 5.70. The average Bonchev–Trinajstić information content (AvgIpc) is 3.16. The SMILES string of the molecule is CCC(CC)(CNC(=O)c1ccc(N2CCNC2=O)cc1)c1ccc(Cl)cc1. The number of nitrogens with one attached hydrogen (secondary N) is 2. The standard InChI is InChI=1S/C22H26ClN3O2/c1-3-22(4-2,17-7-9-18(23)10-8-17)15-25-20(27)16-5-11-19(12-6-16)26-14-13-24-21(26)28/h5-12H,3-4,13-15H2,1-2H3,(H,24,28)(H,25,27). The van der Waals surface area contributed by atoms with Crippen LogP contribution in [0.1, 0.15) is 42.6 Å². The second-order valence-corrected chi connectivity index (χ2v) is 7.54. The summed E-state index contributed by atoms with van der Waals surface area (Å²) in [4.78, 5) is 26.1. The van der Waals surface area contributed by atoms with Gasteiger partial charge in [0.25, 0.3) is 5.91 Å². The van der Waals surface area contributed by atoms with E-state index >= 15 is 0 Å². The molecule has 1 saturated heterocycles. The maximum atomic E-state index is 12.7. The molecule has 1 aliphatic heterocycles. The van der Waals surface area contributed by atoms with Crippen LogP contribution in [0.5, 0.6) is 0 Å². The Morgan fingerprint density at radius 2 is 1.75 bits per heavy atom. The predicted octanol–water partition coefficient (Wildman–Crippen LogP) is 4.36. The fraction of sp³-hybridized carbons (Fsp3) is 0.364. The van der Waals surface area contributed by atoms with Crippen LogP contribution in [0.3, 0.4) is 0 Å². The summed E-state index contributed by atoms with van der Waals surface area (Å²) in [6.45, 7) is 6.11. The molecule has 0 unspecified atom stereocenters. The second kappa shape index (κ2) is 8.65. The lowest BCUT2D eigenvalue weighted by molar-refractivity contribution is 0.0941. The number of anilines is 1. The molecule has 0 atom stereocenters. The molecule has 0 saturated carbocycles. The summed E-state index contributed by atoms with van der Waals surface area (Å²) < 4.78 is 0. The van der Waals surface area contributed by atoms with E-state index in [1.54, 1.807) is 17.0 Å². The fourth-order valence-corrected chi connectivity index (χ4v) is 3.80. The summed E-state index contributed by atoms with van der Waals surface area (Å²) in [5.74, 6) is -0.113. The first-order valence-electron chi connectivity index (χ1n) is 9.69. The van der Waals surface area contributed by atoms with Gasteiger partial charge in [0.2, 0.25) is 0 Å². The molecule has 0 spiro atoms. The lowest BCUT2D eigenvalue weighted by atomic mass is 9.75. The topological polar surface area (TPSA) is 61.4 Å². The number of amides is 3. The van der Waals surface area contributed by atoms with Gasteiger partial charge in [-0.1, -0.05) is 37.6 Å². The van der Waals surface area contributed by atoms with E-state index in [1.807, 2.05) is 36.4 Å². The van der Waals surface area contributed by atoms with Gasteiger partial charge in [0.05, 0.1) is 0 Å². The van der Waals surface area contributed by atoms with Crippen molar-refractivity contribution in [3.05, 3.63) is 64.7 Å². The minimum atomic E-state index is -0.131. The van der Waals surface area contributed by atoms with Gasteiger partial charge in [0, 0.05) is 41.3 Å². The largest absolute Gasteiger partial charge is 0.351 e. The summed E-state index contributed by atoms with van der Waals surface area (Å²) in [5.41, 5.74) is 2.43. The van der Waals surface area contributed by atoms with E-state index in [-0.39, 0.29) is 17.4 Å². The van der Waals surface area contributed by atoms with Gasteiger partial charge >= 0.3 is 6.03 Å². The Labute approximate surface area is 171 Å². The van der Waals surface area contributed by atoms with E-state index in [0.29, 0.717) is 30.2 Å². The zero-order valence-corrected chi connectivity index (χ0v) is 17.1. The maximum Gasteiger partial charge on any atom is 0.321 e. The van der Waals surface area contributed by atoms with Gasteiger partial charge in [0.15, 0.2) is 0 Å². The first-order valence-corrected chi connectivity index (χ1v) is 10.1. The quantitative estimate of drug-likeness (QED) is 0.726. The van der Waals surface area contributed by atoms with Crippen molar-refractivity contribution in [1.82, 2.24) is 10.6 Å². The normalized spacial score (nSPS) is 14.1. The van der Waals surface area contributed by atoms with Crippen LogP contribution >= 0.6 is 11.6 Å². The van der Waals surface area contributed by atoms with Crippen LogP contribution < -0.4 is 15.5 Å². The lowest BCUT2D eigenvalue weighted by Crippen LogP contribution is -2.40. The van der Waals surface area contributed by atoms with Crippen LogP contribution in [0.25, 0.3) is 0 Å². The zero-order chi connectivity index (χ0) is 20.1. The molecule has 1 heterocycles. The summed E-state index contributed by atoms with van der Waals surface area (Å²) in [6.07, 6.45) is 1.82. The fourth-order valence-electron chi connectivity index (χ4n) is 3.68. The third kappa shape index (κ3) is 4.14. The molecule has 5 nitrogen and oxygen atoms in total. The number of nitrogens with zero attached hydrogens (tertiary/aromatic N) is 1. The van der Waals surface area contributed by atoms with Gasteiger partial charge < -0.3 is 10.6 Å². The Balaban J connectivity index is 1.69. The van der Waals surface area contributed by atoms with E-state index in [1.165, 1.54) is 5.56 Å². The monoisotopic (exact) mass is 399 g/mol. The van der Waals surface area contributed by atoms with Crippen LogP contribution in [-0.4, -0.2) is 31.6 Å². The van der Waals surface area contributed by atoms with E-state index < -0.39 is 0 Å². The molecule has 2 N–H and O–H groups in total. The molecule has 28 heavy (non-hydrogen) atoms. The van der Waals surface area contributed by atoms with Crippen molar-refractivity contribution in [3.8, 4) is 0 Å². The summed E-state index contributed by atoms with van der Waals surface area (Å²) >= 11 is 6.03. The van der Waals surface area contributed by atoms with Crippen LogP contribution in [0.2, 0.25) is 5.02 Å². The maximum absolute atomic E-state index is 12.7. The molecule has 0 aromatic heterocycles. The van der Waals surface area contributed by atoms with Crippen molar-refractivity contribution in [3.63, 3.8) is 0 Å². The highest BCUT2D eigenvalue weighted by atomic mass is 35.5. The van der Waals surface area contributed by atoms with Crippen molar-refractivity contribution in [2.75, 3.05) is 24.5 Å². The highest BCUT2D eigenvalue weighted by molar-refractivity contribution is 6.30. The van der Waals surface area contributed by atoms with Crippen LogP contribution in [-0.2, 0) is 5.41 Å². The average molecular weight is 400 g/mol. The predicted molar refractivity (Wildman–Crippen MR) is 113 cm³/mol. The molecule has 3 amide bonds. The lowest BCUT2D eigenvalue weighted by Gasteiger charge is -2.32. The number of hydrogen-bond acceptors (Lipinski definition) is 2. The van der Waals surface area contributed by atoms with Crippen molar-refractivity contribution in [1.29, 1.82) is 0 Å². The number of carbonyl (C=O) groups is 2. The smallest absolute Gasteiger partial charge is 0.321 e. The number of halogens is 1. The van der Waals surface area contributed by atoms with Crippen LogP contribution in [0.4, 0.5) is 10.5 Å². The molecule has 2 aromatic rings. The highest BCUT2D eigenvalue weighted by Gasteiger charge is 2.29. The van der Waals surface area contributed by atoms with E-state index in [9.17, 15) is 9.59 Å². The first-order chi connectivity index (χ1) is 13.5. The van der Waals surface area contributed by atoms with E-state index in [2.05, 4.69) is 24.5 Å². The summed E-state index contributed by atoms with van der Waals surface area (Å²) in [7, 11) is 0. The van der Waals surface area contributed by atoms with Crippen molar-refractivity contribution in [2.24, 2.45) is 0 Å². The number of benzene rings is 2. The minimum absolute atomic E-state index is 0.101. The van der Waals surface area contributed by atoms with Gasteiger partial charge in [-0.15, -0.1) is 0 Å². The Hall–Kier alpha value is -2.53. The van der Waals surface area contributed by atoms with Gasteiger partial charge in [-0.2, -0.15) is 0 Å². The van der Waals surface area contributed by atoms with Gasteiger partial charge in [0.1, 0.15) is 0 Å². The summed E-state index contributed by atoms with van der Waals surface area (Å²) in [5, 5.41) is 6.57. The molecule has 1 fully saturated rings. The van der Waals surface area contributed by atoms with Gasteiger partial charge in [-0.3, -0.25) is 9.69 Å². The van der Waals surface area contributed by atoms with Gasteiger partial charge in [-0.05, 0) is 54.8 Å². The van der Waals surface area contributed by atoms with Crippen LogP contribution in [0, 0.1) is 0 Å². The first kappa shape index (κ1) is 20.2. The third-order valence-corrected chi connectivity index (χ3v) is 5.95. The highest BCUT2D eigenvalue weighted by Crippen LogP contribution is 2.32. The number of rotatable bonds is 7. The molecule has 0 aliphatic carbocycles. The Morgan fingerprint density at radius 3 is 2.29 bits per heavy atom. The second-order valence-electron chi connectivity index (χ2n) is 7.11. The van der Waals surface area contributed by atoms with Crippen LogP contribution in [0.15, 0.2) is 48.5 Å². The molecule has 0 radical (unpaired) electrons. The molecule has 2 aromatic carbocycles. The zero-order valence-electron chi connectivity index (χ0n) is 16.3. The minimum Gasteiger partial charge on any atom is -0.351 e. The Kier molecular flexibility index (Phi) is 6.25. The van der Waals surface area contributed by atoms with Crippen molar-refractivity contribution >= 4 is 29.2 Å². The molecule has 6 heteroatoms. The summed E-state index contributed by atoms with van der Waals surface area (Å²) in [6, 6.07) is 14.9. The van der Waals surface area contributed by atoms with E-state index in [4.69, 9.17) is 11.6 Å². The number of carbonyl (C=O) groups excluding carboxylic acids is 2. The Bertz CT molecular complexity index is 830. The molecule has 0 bridgehead atoms. The molecule has 1 aliphatic rings. The van der Waals surface area contributed by atoms with Gasteiger partial charge in [-0.25, -0.2) is 4.79 Å². The number of urea groups is 1. The molecule has 148 valence electrons. The Morgan fingerprint density at radius 1 is 1.11 bits per heavy atom.